The summed E-state index contributed by atoms with van der Waals surface area (Å²) in [6, 6.07) is 11.5. The average molecular weight is 796 g/mol. The van der Waals surface area contributed by atoms with Crippen LogP contribution in [0.5, 0.6) is 11.5 Å². The molecule has 7 N–H and O–H groups in total. The fourth-order valence-corrected chi connectivity index (χ4v) is 7.25. The number of nitrogens with one attached hydrogen (secondary N) is 4. The molecule has 0 spiro atoms. The zero-order valence-electron chi connectivity index (χ0n) is 34.2. The minimum atomic E-state index is -0.905. The molecule has 316 valence electrons. The van der Waals surface area contributed by atoms with Gasteiger partial charge in [0.2, 0.25) is 0 Å². The van der Waals surface area contributed by atoms with Crippen molar-refractivity contribution in [1.29, 1.82) is 5.41 Å². The van der Waals surface area contributed by atoms with Crippen molar-refractivity contribution in [3.63, 3.8) is 0 Å². The van der Waals surface area contributed by atoms with Gasteiger partial charge in [0.25, 0.3) is 5.91 Å². The third kappa shape index (κ3) is 14.1. The topological polar surface area (TPSA) is 188 Å². The van der Waals surface area contributed by atoms with E-state index in [1.807, 2.05) is 36.4 Å². The average Bonchev–Trinajstić information content (AvgIpc) is 3.63. The first kappa shape index (κ1) is 45.7. The summed E-state index contributed by atoms with van der Waals surface area (Å²) < 4.78 is 39.0. The zero-order valence-corrected chi connectivity index (χ0v) is 34.2. The number of fused-ring (bicyclic) bond motifs is 2. The van der Waals surface area contributed by atoms with E-state index >= 15 is 0 Å². The van der Waals surface area contributed by atoms with E-state index in [1.165, 1.54) is 6.08 Å². The summed E-state index contributed by atoms with van der Waals surface area (Å²) in [5, 5.41) is 29.6. The number of carbonyl (C=O) groups excluding carboxylic acids is 1. The lowest BCUT2D eigenvalue weighted by Crippen LogP contribution is -2.56. The third-order valence-corrected chi connectivity index (χ3v) is 10.3. The highest BCUT2D eigenvalue weighted by Crippen LogP contribution is 2.43. The number of aliphatic hydroxyl groups is 1. The number of hydrogen-bond donors (Lipinski definition) is 6. The SMILES string of the molecule is COc1cccc(OC)c1/C(=C/C(=N)C(=O)NC1(CO)C=CCC2CCC1C2)Nc1ccc(NCCOCCOCCOCCOCCOCCN)cc1C(C)C. The first-order valence-corrected chi connectivity index (χ1v) is 20.1. The summed E-state index contributed by atoms with van der Waals surface area (Å²) in [6.07, 6.45) is 9.37. The second-order valence-electron chi connectivity index (χ2n) is 14.5. The van der Waals surface area contributed by atoms with E-state index in [9.17, 15) is 9.90 Å². The van der Waals surface area contributed by atoms with Gasteiger partial charge in [-0.25, -0.2) is 0 Å². The molecule has 2 aromatic carbocycles. The normalized spacial score (nSPS) is 19.0. The molecule has 0 radical (unpaired) electrons. The standard InChI is InChI=1S/C43H65N5O9/c1-31(2)35-28-34(46-16-18-54-20-22-56-24-26-57-25-23-55-21-19-53-17-15-44)12-13-37(35)47-38(41-39(51-3)8-5-9-40(41)52-4)29-36(45)42(50)48-43(30-49)14-6-7-32-10-11-33(43)27-32/h5-6,8-9,12-14,28-29,31-33,45-47,49H,7,10-11,15-27,30,44H2,1-4H3,(H,48,50)/b38-29-,45-36?. The third-order valence-electron chi connectivity index (χ3n) is 10.3. The van der Waals surface area contributed by atoms with Crippen LogP contribution >= 0.6 is 0 Å². The van der Waals surface area contributed by atoms with Gasteiger partial charge in [-0.3, -0.25) is 10.2 Å². The molecule has 1 fully saturated rings. The minimum Gasteiger partial charge on any atom is -0.496 e. The number of benzene rings is 2. The molecule has 2 bridgehead atoms. The largest absolute Gasteiger partial charge is 0.496 e. The molecule has 3 atom stereocenters. The van der Waals surface area contributed by atoms with Gasteiger partial charge in [-0.05, 0) is 85.4 Å². The van der Waals surface area contributed by atoms with Crippen molar-refractivity contribution in [2.45, 2.75) is 51.0 Å². The number of methoxy groups -OCH3 is 2. The number of nitrogens with two attached hydrogens (primary N) is 1. The Bertz CT molecular complexity index is 1580. The second-order valence-corrected chi connectivity index (χ2v) is 14.5. The van der Waals surface area contributed by atoms with E-state index in [-0.39, 0.29) is 24.2 Å². The molecule has 0 heterocycles. The number of aliphatic hydroxyl groups excluding tert-OH is 1. The Hall–Kier alpha value is -4.02. The number of hydrogen-bond acceptors (Lipinski definition) is 13. The van der Waals surface area contributed by atoms with Crippen molar-refractivity contribution in [1.82, 2.24) is 5.32 Å². The fourth-order valence-electron chi connectivity index (χ4n) is 7.25. The van der Waals surface area contributed by atoms with Gasteiger partial charge in [0, 0.05) is 24.5 Å². The smallest absolute Gasteiger partial charge is 0.270 e. The number of ether oxygens (including phenoxy) is 7. The highest BCUT2D eigenvalue weighted by molar-refractivity contribution is 6.43. The molecular weight excluding hydrogens is 730 g/mol. The highest BCUT2D eigenvalue weighted by atomic mass is 16.6. The van der Waals surface area contributed by atoms with Crippen LogP contribution < -0.4 is 31.2 Å². The van der Waals surface area contributed by atoms with Crippen molar-refractivity contribution in [2.24, 2.45) is 17.6 Å². The van der Waals surface area contributed by atoms with Gasteiger partial charge in [-0.1, -0.05) is 32.1 Å². The van der Waals surface area contributed by atoms with Gasteiger partial charge in [0.15, 0.2) is 0 Å². The summed E-state index contributed by atoms with van der Waals surface area (Å²) >= 11 is 0. The van der Waals surface area contributed by atoms with E-state index in [4.69, 9.17) is 44.3 Å². The van der Waals surface area contributed by atoms with Gasteiger partial charge in [-0.15, -0.1) is 0 Å². The molecule has 4 rings (SSSR count). The van der Waals surface area contributed by atoms with Crippen molar-refractivity contribution in [3.05, 3.63) is 65.8 Å². The van der Waals surface area contributed by atoms with Gasteiger partial charge in [-0.2, -0.15) is 0 Å². The molecule has 0 saturated heterocycles. The summed E-state index contributed by atoms with van der Waals surface area (Å²) in [5.74, 6) is 1.27. The number of rotatable bonds is 28. The Balaban J connectivity index is 1.34. The first-order valence-electron chi connectivity index (χ1n) is 20.1. The van der Waals surface area contributed by atoms with E-state index in [2.05, 4.69) is 41.9 Å². The summed E-state index contributed by atoms with van der Waals surface area (Å²) in [7, 11) is 3.14. The van der Waals surface area contributed by atoms with Gasteiger partial charge >= 0.3 is 0 Å². The van der Waals surface area contributed by atoms with Crippen LogP contribution in [0.1, 0.15) is 56.6 Å². The predicted octanol–water partition coefficient (Wildman–Crippen LogP) is 4.98. The maximum atomic E-state index is 13.8. The first-order chi connectivity index (χ1) is 27.7. The van der Waals surface area contributed by atoms with Crippen LogP contribution in [0.2, 0.25) is 0 Å². The number of anilines is 2. The van der Waals surface area contributed by atoms with Crippen molar-refractivity contribution >= 4 is 28.7 Å². The van der Waals surface area contributed by atoms with Crippen molar-refractivity contribution < 1.29 is 43.1 Å². The lowest BCUT2D eigenvalue weighted by atomic mass is 9.83. The van der Waals surface area contributed by atoms with Crippen LogP contribution in [0.4, 0.5) is 11.4 Å². The Morgan fingerprint density at radius 3 is 2.11 bits per heavy atom. The Morgan fingerprint density at radius 1 is 0.912 bits per heavy atom. The van der Waals surface area contributed by atoms with Crippen LogP contribution in [0, 0.1) is 17.2 Å². The van der Waals surface area contributed by atoms with Crippen molar-refractivity contribution in [3.8, 4) is 11.5 Å². The van der Waals surface area contributed by atoms with Gasteiger partial charge in [0.1, 0.15) is 17.2 Å². The van der Waals surface area contributed by atoms with Crippen molar-refractivity contribution in [2.75, 3.05) is 111 Å². The molecule has 1 saturated carbocycles. The molecule has 57 heavy (non-hydrogen) atoms. The van der Waals surface area contributed by atoms with Crippen LogP contribution in [0.3, 0.4) is 0 Å². The molecule has 14 nitrogen and oxygen atoms in total. The predicted molar refractivity (Wildman–Crippen MR) is 224 cm³/mol. The zero-order chi connectivity index (χ0) is 40.9. The van der Waals surface area contributed by atoms with Gasteiger partial charge < -0.3 is 59.9 Å². The summed E-state index contributed by atoms with van der Waals surface area (Å²) in [4.78, 5) is 13.8. The minimum absolute atomic E-state index is 0.117. The Kier molecular flexibility index (Phi) is 19.8. The molecule has 2 aliphatic carbocycles. The number of carbonyl (C=O) groups is 1. The Morgan fingerprint density at radius 2 is 1.53 bits per heavy atom. The Labute approximate surface area is 338 Å². The summed E-state index contributed by atoms with van der Waals surface area (Å²) in [6.45, 7) is 10.1. The van der Waals surface area contributed by atoms with E-state index in [0.29, 0.717) is 108 Å². The molecular formula is C43H65N5O9. The maximum absolute atomic E-state index is 13.8. The fraction of sp³-hybridized carbons (Fsp3) is 0.581. The van der Waals surface area contributed by atoms with Crippen LogP contribution in [0.15, 0.2) is 54.6 Å². The quantitative estimate of drug-likeness (QED) is 0.0386. The van der Waals surface area contributed by atoms with E-state index in [0.717, 1.165) is 42.6 Å². The molecule has 14 heteroatoms. The van der Waals surface area contributed by atoms with E-state index < -0.39 is 11.4 Å². The molecule has 3 unspecified atom stereocenters. The summed E-state index contributed by atoms with van der Waals surface area (Å²) in [5.41, 5.74) is 7.99. The molecule has 1 amide bonds. The molecule has 2 aromatic rings. The second kappa shape index (κ2) is 24.7. The maximum Gasteiger partial charge on any atom is 0.270 e. The van der Waals surface area contributed by atoms with Crippen LogP contribution in [-0.4, -0.2) is 122 Å². The molecule has 2 aliphatic rings. The van der Waals surface area contributed by atoms with E-state index in [1.54, 1.807) is 14.2 Å². The number of allylic oxidation sites excluding steroid dienone is 1. The molecule has 0 aliphatic heterocycles. The van der Waals surface area contributed by atoms with Gasteiger partial charge in [0.05, 0.1) is 104 Å². The monoisotopic (exact) mass is 795 g/mol. The lowest BCUT2D eigenvalue weighted by molar-refractivity contribution is -0.117. The number of amides is 1. The highest BCUT2D eigenvalue weighted by Gasteiger charge is 2.43. The van der Waals surface area contributed by atoms with Crippen LogP contribution in [0.25, 0.3) is 5.70 Å². The molecule has 0 aromatic heterocycles. The van der Waals surface area contributed by atoms with Crippen LogP contribution in [-0.2, 0) is 28.5 Å². The lowest BCUT2D eigenvalue weighted by Gasteiger charge is -2.35.